The fourth-order valence-corrected chi connectivity index (χ4v) is 1.94. The number of hydrogen-bond donors (Lipinski definition) is 3. The summed E-state index contributed by atoms with van der Waals surface area (Å²) >= 11 is 0. The van der Waals surface area contributed by atoms with Crippen LogP contribution in [0.2, 0.25) is 0 Å². The standard InChI is InChI=1S/C11H18N2O3/c14-9(15)11(4-1-5-11)7-13-10(16)12-6-8-2-3-8/h8H,1-7H2,(H,14,15)(H2,12,13,16). The average molecular weight is 226 g/mol. The van der Waals surface area contributed by atoms with Crippen molar-refractivity contribution < 1.29 is 14.7 Å². The largest absolute Gasteiger partial charge is 0.481 e. The van der Waals surface area contributed by atoms with Crippen molar-refractivity contribution in [3.8, 4) is 0 Å². The Bertz CT molecular complexity index is 296. The van der Waals surface area contributed by atoms with E-state index in [2.05, 4.69) is 10.6 Å². The first-order valence-electron chi connectivity index (χ1n) is 5.87. The Morgan fingerprint density at radius 1 is 1.25 bits per heavy atom. The van der Waals surface area contributed by atoms with Gasteiger partial charge in [-0.05, 0) is 31.6 Å². The van der Waals surface area contributed by atoms with Crippen LogP contribution >= 0.6 is 0 Å². The monoisotopic (exact) mass is 226 g/mol. The minimum absolute atomic E-state index is 0.237. The molecule has 5 heteroatoms. The van der Waals surface area contributed by atoms with Gasteiger partial charge in [0.1, 0.15) is 0 Å². The van der Waals surface area contributed by atoms with Crippen molar-refractivity contribution in [3.63, 3.8) is 0 Å². The van der Waals surface area contributed by atoms with Gasteiger partial charge in [0.25, 0.3) is 0 Å². The molecule has 3 N–H and O–H groups in total. The van der Waals surface area contributed by atoms with Gasteiger partial charge in [0.15, 0.2) is 0 Å². The Morgan fingerprint density at radius 3 is 2.38 bits per heavy atom. The number of carbonyl (C=O) groups is 2. The molecule has 2 aliphatic rings. The fraction of sp³-hybridized carbons (Fsp3) is 0.818. The highest BCUT2D eigenvalue weighted by atomic mass is 16.4. The number of amides is 2. The maximum atomic E-state index is 11.4. The third kappa shape index (κ3) is 2.46. The maximum Gasteiger partial charge on any atom is 0.314 e. The van der Waals surface area contributed by atoms with Crippen molar-refractivity contribution in [2.75, 3.05) is 13.1 Å². The number of urea groups is 1. The van der Waals surface area contributed by atoms with E-state index in [9.17, 15) is 9.59 Å². The molecule has 90 valence electrons. The van der Waals surface area contributed by atoms with Gasteiger partial charge in [-0.25, -0.2) is 4.79 Å². The summed E-state index contributed by atoms with van der Waals surface area (Å²) in [5.74, 6) is -0.149. The smallest absolute Gasteiger partial charge is 0.314 e. The average Bonchev–Trinajstić information content (AvgIpc) is 2.95. The summed E-state index contributed by atoms with van der Waals surface area (Å²) in [5.41, 5.74) is -0.697. The second-order valence-corrected chi connectivity index (χ2v) is 4.95. The highest BCUT2D eigenvalue weighted by Gasteiger charge is 2.44. The van der Waals surface area contributed by atoms with E-state index < -0.39 is 11.4 Å². The van der Waals surface area contributed by atoms with E-state index in [1.165, 1.54) is 12.8 Å². The summed E-state index contributed by atoms with van der Waals surface area (Å²) in [6.45, 7) is 0.963. The molecule has 2 fully saturated rings. The van der Waals surface area contributed by atoms with Crippen molar-refractivity contribution in [3.05, 3.63) is 0 Å². The lowest BCUT2D eigenvalue weighted by atomic mass is 9.69. The van der Waals surface area contributed by atoms with Crippen LogP contribution in [-0.4, -0.2) is 30.2 Å². The number of carboxylic acids is 1. The van der Waals surface area contributed by atoms with Crippen LogP contribution in [0.15, 0.2) is 0 Å². The minimum atomic E-state index is -0.791. The lowest BCUT2D eigenvalue weighted by Crippen LogP contribution is -2.49. The summed E-state index contributed by atoms with van der Waals surface area (Å²) in [5, 5.41) is 14.5. The highest BCUT2D eigenvalue weighted by Crippen LogP contribution is 2.40. The summed E-state index contributed by atoms with van der Waals surface area (Å²) in [6, 6.07) is -0.237. The normalized spacial score (nSPS) is 22.0. The molecule has 0 atom stereocenters. The summed E-state index contributed by atoms with van der Waals surface area (Å²) < 4.78 is 0. The molecule has 2 saturated carbocycles. The third-order valence-corrected chi connectivity index (χ3v) is 3.60. The van der Waals surface area contributed by atoms with Crippen LogP contribution in [0.1, 0.15) is 32.1 Å². The number of aliphatic carboxylic acids is 1. The van der Waals surface area contributed by atoms with Crippen LogP contribution in [0.3, 0.4) is 0 Å². The molecular formula is C11H18N2O3. The van der Waals surface area contributed by atoms with Gasteiger partial charge in [-0.2, -0.15) is 0 Å². The van der Waals surface area contributed by atoms with E-state index >= 15 is 0 Å². The lowest BCUT2D eigenvalue weighted by Gasteiger charge is -2.37. The number of hydrogen-bond acceptors (Lipinski definition) is 2. The third-order valence-electron chi connectivity index (χ3n) is 3.60. The molecule has 0 aliphatic heterocycles. The zero-order valence-electron chi connectivity index (χ0n) is 9.29. The van der Waals surface area contributed by atoms with E-state index in [1.54, 1.807) is 0 Å². The molecule has 0 aromatic carbocycles. The van der Waals surface area contributed by atoms with Gasteiger partial charge < -0.3 is 15.7 Å². The van der Waals surface area contributed by atoms with Crippen molar-refractivity contribution in [2.24, 2.45) is 11.3 Å². The summed E-state index contributed by atoms with van der Waals surface area (Å²) in [4.78, 5) is 22.4. The Morgan fingerprint density at radius 2 is 1.94 bits per heavy atom. The summed E-state index contributed by atoms with van der Waals surface area (Å²) in [6.07, 6.45) is 4.67. The molecule has 0 aromatic heterocycles. The Kier molecular flexibility index (Phi) is 3.03. The molecule has 0 spiro atoms. The SMILES string of the molecule is O=C(NCC1CC1)NCC1(C(=O)O)CCC1. The first-order chi connectivity index (χ1) is 7.62. The van der Waals surface area contributed by atoms with E-state index in [-0.39, 0.29) is 12.6 Å². The first-order valence-corrected chi connectivity index (χ1v) is 5.87. The van der Waals surface area contributed by atoms with Gasteiger partial charge in [0.05, 0.1) is 5.41 Å². The Balaban J connectivity index is 1.68. The van der Waals surface area contributed by atoms with Crippen LogP contribution in [-0.2, 0) is 4.79 Å². The molecule has 2 amide bonds. The molecule has 2 rings (SSSR count). The molecule has 0 saturated heterocycles. The molecule has 16 heavy (non-hydrogen) atoms. The van der Waals surface area contributed by atoms with Gasteiger partial charge in [0, 0.05) is 13.1 Å². The lowest BCUT2D eigenvalue weighted by molar-refractivity contribution is -0.153. The number of nitrogens with one attached hydrogen (secondary N) is 2. The molecule has 0 heterocycles. The van der Waals surface area contributed by atoms with Gasteiger partial charge in [-0.15, -0.1) is 0 Å². The molecule has 0 bridgehead atoms. The van der Waals surface area contributed by atoms with Gasteiger partial charge >= 0.3 is 12.0 Å². The number of carboxylic acid groups (broad SMARTS) is 1. The van der Waals surface area contributed by atoms with E-state index in [0.29, 0.717) is 25.3 Å². The van der Waals surface area contributed by atoms with Gasteiger partial charge in [-0.3, -0.25) is 4.79 Å². The number of rotatable bonds is 5. The molecule has 2 aliphatic carbocycles. The second-order valence-electron chi connectivity index (χ2n) is 4.95. The van der Waals surface area contributed by atoms with Crippen LogP contribution in [0.25, 0.3) is 0 Å². The Labute approximate surface area is 94.6 Å². The van der Waals surface area contributed by atoms with E-state index in [0.717, 1.165) is 6.42 Å². The quantitative estimate of drug-likeness (QED) is 0.653. The van der Waals surface area contributed by atoms with E-state index in [1.807, 2.05) is 0 Å². The van der Waals surface area contributed by atoms with Crippen LogP contribution in [0.4, 0.5) is 4.79 Å². The van der Waals surface area contributed by atoms with Crippen LogP contribution in [0, 0.1) is 11.3 Å². The minimum Gasteiger partial charge on any atom is -0.481 e. The van der Waals surface area contributed by atoms with Crippen molar-refractivity contribution in [1.29, 1.82) is 0 Å². The van der Waals surface area contributed by atoms with E-state index in [4.69, 9.17) is 5.11 Å². The predicted molar refractivity (Wildman–Crippen MR) is 58.0 cm³/mol. The second kappa shape index (κ2) is 4.31. The predicted octanol–water partition coefficient (Wildman–Crippen LogP) is 0.950. The van der Waals surface area contributed by atoms with Gasteiger partial charge in [0.2, 0.25) is 0 Å². The zero-order valence-corrected chi connectivity index (χ0v) is 9.29. The summed E-state index contributed by atoms with van der Waals surface area (Å²) in [7, 11) is 0. The number of carbonyl (C=O) groups excluding carboxylic acids is 1. The van der Waals surface area contributed by atoms with Crippen molar-refractivity contribution in [1.82, 2.24) is 10.6 Å². The molecule has 0 unspecified atom stereocenters. The zero-order chi connectivity index (χ0) is 11.6. The molecule has 0 aromatic rings. The highest BCUT2D eigenvalue weighted by molar-refractivity contribution is 5.78. The molecule has 5 nitrogen and oxygen atoms in total. The Hall–Kier alpha value is -1.26. The molecule has 0 radical (unpaired) electrons. The van der Waals surface area contributed by atoms with Crippen molar-refractivity contribution >= 4 is 12.0 Å². The van der Waals surface area contributed by atoms with Crippen LogP contribution in [0.5, 0.6) is 0 Å². The maximum absolute atomic E-state index is 11.4. The van der Waals surface area contributed by atoms with Crippen LogP contribution < -0.4 is 10.6 Å². The fourth-order valence-electron chi connectivity index (χ4n) is 1.94. The van der Waals surface area contributed by atoms with Gasteiger partial charge in [-0.1, -0.05) is 6.42 Å². The van der Waals surface area contributed by atoms with Crippen molar-refractivity contribution in [2.45, 2.75) is 32.1 Å². The topological polar surface area (TPSA) is 78.4 Å². The molecular weight excluding hydrogens is 208 g/mol. The first kappa shape index (κ1) is 11.2.